The van der Waals surface area contributed by atoms with Gasteiger partial charge in [0.1, 0.15) is 11.3 Å². The lowest BCUT2D eigenvalue weighted by Gasteiger charge is -2.18. The smallest absolute Gasteiger partial charge is 0.343 e. The van der Waals surface area contributed by atoms with Crippen molar-refractivity contribution in [3.63, 3.8) is 0 Å². The molecule has 1 atom stereocenters. The summed E-state index contributed by atoms with van der Waals surface area (Å²) in [5.74, 6) is -0.466. The van der Waals surface area contributed by atoms with Gasteiger partial charge in [-0.3, -0.25) is 4.79 Å². The molecule has 3 N–H and O–H groups in total. The van der Waals surface area contributed by atoms with Gasteiger partial charge < -0.3 is 20.5 Å². The van der Waals surface area contributed by atoms with E-state index in [4.69, 9.17) is 15.2 Å². The number of amides is 1. The maximum atomic E-state index is 11.9. The van der Waals surface area contributed by atoms with Crippen molar-refractivity contribution in [2.45, 2.75) is 25.4 Å². The molecule has 1 fully saturated rings. The number of ether oxygens (including phenoxy) is 2. The summed E-state index contributed by atoms with van der Waals surface area (Å²) in [4.78, 5) is 23.6. The van der Waals surface area contributed by atoms with E-state index in [1.54, 1.807) is 18.2 Å². The van der Waals surface area contributed by atoms with Crippen molar-refractivity contribution >= 4 is 17.6 Å². The van der Waals surface area contributed by atoms with E-state index in [-0.39, 0.29) is 22.9 Å². The number of nitrogens with one attached hydrogen (secondary N) is 1. The summed E-state index contributed by atoms with van der Waals surface area (Å²) in [5.41, 5.74) is 6.21. The molecule has 1 aromatic rings. The van der Waals surface area contributed by atoms with Crippen LogP contribution in [-0.4, -0.2) is 31.6 Å². The third-order valence-electron chi connectivity index (χ3n) is 3.20. The highest BCUT2D eigenvalue weighted by atomic mass is 16.5. The van der Waals surface area contributed by atoms with Gasteiger partial charge in [0.25, 0.3) is 5.91 Å². The number of benzene rings is 1. The molecule has 0 bridgehead atoms. The number of hydrogen-bond donors (Lipinski definition) is 2. The first-order valence-corrected chi connectivity index (χ1v) is 6.54. The van der Waals surface area contributed by atoms with Gasteiger partial charge in [0, 0.05) is 12.2 Å². The van der Waals surface area contributed by atoms with Crippen LogP contribution >= 0.6 is 0 Å². The molecule has 2 rings (SSSR count). The maximum absolute atomic E-state index is 11.9. The molecule has 108 valence electrons. The first kappa shape index (κ1) is 14.2. The Kier molecular flexibility index (Phi) is 4.45. The van der Waals surface area contributed by atoms with Crippen LogP contribution in [0.5, 0.6) is 5.75 Å². The monoisotopic (exact) mass is 278 g/mol. The van der Waals surface area contributed by atoms with Crippen LogP contribution in [0.4, 0.5) is 5.69 Å². The number of carbonyl (C=O) groups is 2. The average Bonchev–Trinajstić information content (AvgIpc) is 2.64. The van der Waals surface area contributed by atoms with Crippen LogP contribution in [0, 0.1) is 0 Å². The summed E-state index contributed by atoms with van der Waals surface area (Å²) in [6, 6.07) is 4.87. The minimum atomic E-state index is -0.609. The lowest BCUT2D eigenvalue weighted by atomic mass is 10.1. The van der Waals surface area contributed by atoms with Crippen molar-refractivity contribution in [3.05, 3.63) is 23.8 Å². The van der Waals surface area contributed by atoms with E-state index in [1.807, 2.05) is 0 Å². The Hall–Kier alpha value is -2.24. The second-order valence-corrected chi connectivity index (χ2v) is 4.61. The van der Waals surface area contributed by atoms with Crippen molar-refractivity contribution in [1.29, 1.82) is 0 Å². The lowest BCUT2D eigenvalue weighted by molar-refractivity contribution is -0.127. The maximum Gasteiger partial charge on any atom is 0.343 e. The predicted octanol–water partition coefficient (Wildman–Crippen LogP) is 1.10. The van der Waals surface area contributed by atoms with Gasteiger partial charge in [0.2, 0.25) is 0 Å². The Labute approximate surface area is 117 Å². The van der Waals surface area contributed by atoms with Gasteiger partial charge in [-0.2, -0.15) is 0 Å². The van der Waals surface area contributed by atoms with Crippen LogP contribution in [0.3, 0.4) is 0 Å². The summed E-state index contributed by atoms with van der Waals surface area (Å²) in [6.45, 7) is 0.652. The molecule has 20 heavy (non-hydrogen) atoms. The molecule has 0 aliphatic carbocycles. The predicted molar refractivity (Wildman–Crippen MR) is 73.5 cm³/mol. The van der Waals surface area contributed by atoms with Gasteiger partial charge >= 0.3 is 5.97 Å². The minimum Gasteiger partial charge on any atom is -0.480 e. The zero-order valence-electron chi connectivity index (χ0n) is 11.3. The number of anilines is 1. The number of hydrogen-bond acceptors (Lipinski definition) is 5. The molecule has 1 aliphatic rings. The third-order valence-corrected chi connectivity index (χ3v) is 3.20. The largest absolute Gasteiger partial charge is 0.480 e. The highest BCUT2D eigenvalue weighted by Crippen LogP contribution is 2.27. The normalized spacial score (nSPS) is 18.9. The molecule has 1 amide bonds. The zero-order chi connectivity index (χ0) is 14.5. The number of esters is 1. The van der Waals surface area contributed by atoms with Gasteiger partial charge in [-0.25, -0.2) is 4.79 Å². The van der Waals surface area contributed by atoms with Crippen molar-refractivity contribution in [1.82, 2.24) is 5.32 Å². The Morgan fingerprint density at radius 1 is 1.40 bits per heavy atom. The summed E-state index contributed by atoms with van der Waals surface area (Å²) in [7, 11) is 1.27. The Morgan fingerprint density at radius 3 is 2.95 bits per heavy atom. The van der Waals surface area contributed by atoms with Crippen LogP contribution in [0.2, 0.25) is 0 Å². The molecule has 1 heterocycles. The SMILES string of the molecule is COC(=O)c1c(N)cccc1OC1CCCCNC1=O. The van der Waals surface area contributed by atoms with Crippen LogP contribution < -0.4 is 15.8 Å². The molecule has 1 saturated heterocycles. The fraction of sp³-hybridized carbons (Fsp3) is 0.429. The molecular formula is C14H18N2O4. The number of methoxy groups -OCH3 is 1. The van der Waals surface area contributed by atoms with E-state index in [9.17, 15) is 9.59 Å². The van der Waals surface area contributed by atoms with Gasteiger partial charge in [-0.1, -0.05) is 6.07 Å². The first-order chi connectivity index (χ1) is 9.63. The second kappa shape index (κ2) is 6.27. The van der Waals surface area contributed by atoms with E-state index in [0.717, 1.165) is 12.8 Å². The summed E-state index contributed by atoms with van der Waals surface area (Å²) < 4.78 is 10.4. The first-order valence-electron chi connectivity index (χ1n) is 6.54. The van der Waals surface area contributed by atoms with Gasteiger partial charge in [-0.05, 0) is 31.4 Å². The zero-order valence-corrected chi connectivity index (χ0v) is 11.3. The van der Waals surface area contributed by atoms with E-state index < -0.39 is 12.1 Å². The Bertz CT molecular complexity index is 516. The molecule has 0 saturated carbocycles. The second-order valence-electron chi connectivity index (χ2n) is 4.61. The van der Waals surface area contributed by atoms with E-state index in [2.05, 4.69) is 5.32 Å². The quantitative estimate of drug-likeness (QED) is 0.638. The van der Waals surface area contributed by atoms with Gasteiger partial charge in [-0.15, -0.1) is 0 Å². The topological polar surface area (TPSA) is 90.7 Å². The molecule has 0 spiro atoms. The summed E-state index contributed by atoms with van der Waals surface area (Å²) >= 11 is 0. The minimum absolute atomic E-state index is 0.159. The summed E-state index contributed by atoms with van der Waals surface area (Å²) in [5, 5.41) is 2.78. The van der Waals surface area contributed by atoms with Crippen molar-refractivity contribution in [2.24, 2.45) is 0 Å². The number of nitrogen functional groups attached to an aromatic ring is 1. The number of carbonyl (C=O) groups excluding carboxylic acids is 2. The lowest BCUT2D eigenvalue weighted by Crippen LogP contribution is -2.36. The van der Waals surface area contributed by atoms with Crippen LogP contribution in [0.1, 0.15) is 29.6 Å². The van der Waals surface area contributed by atoms with Crippen molar-refractivity contribution in [2.75, 3.05) is 19.4 Å². The standard InChI is InChI=1S/C14H18N2O4/c1-19-14(18)12-9(15)5-4-7-10(12)20-11-6-2-3-8-16-13(11)17/h4-5,7,11H,2-3,6,8,15H2,1H3,(H,16,17). The molecule has 6 nitrogen and oxygen atoms in total. The molecule has 6 heteroatoms. The number of rotatable bonds is 3. The van der Waals surface area contributed by atoms with Gasteiger partial charge in [0.15, 0.2) is 6.10 Å². The fourth-order valence-electron chi connectivity index (χ4n) is 2.14. The van der Waals surface area contributed by atoms with E-state index in [0.29, 0.717) is 13.0 Å². The van der Waals surface area contributed by atoms with E-state index in [1.165, 1.54) is 7.11 Å². The van der Waals surface area contributed by atoms with Crippen molar-refractivity contribution in [3.8, 4) is 5.75 Å². The summed E-state index contributed by atoms with van der Waals surface area (Å²) in [6.07, 6.45) is 1.81. The average molecular weight is 278 g/mol. The Morgan fingerprint density at radius 2 is 2.20 bits per heavy atom. The Balaban J connectivity index is 2.26. The van der Waals surface area contributed by atoms with Crippen LogP contribution in [0.25, 0.3) is 0 Å². The number of nitrogens with two attached hydrogens (primary N) is 1. The fourth-order valence-corrected chi connectivity index (χ4v) is 2.14. The third kappa shape index (κ3) is 3.01. The molecule has 1 aliphatic heterocycles. The molecule has 0 radical (unpaired) electrons. The van der Waals surface area contributed by atoms with Crippen molar-refractivity contribution < 1.29 is 19.1 Å². The van der Waals surface area contributed by atoms with Crippen LogP contribution in [0.15, 0.2) is 18.2 Å². The van der Waals surface area contributed by atoms with Crippen LogP contribution in [-0.2, 0) is 9.53 Å². The molecule has 1 unspecified atom stereocenters. The highest BCUT2D eigenvalue weighted by molar-refractivity contribution is 5.98. The molecule has 1 aromatic carbocycles. The highest BCUT2D eigenvalue weighted by Gasteiger charge is 2.25. The van der Waals surface area contributed by atoms with E-state index >= 15 is 0 Å². The van der Waals surface area contributed by atoms with Gasteiger partial charge in [0.05, 0.1) is 7.11 Å². The molecule has 0 aromatic heterocycles. The molecular weight excluding hydrogens is 260 g/mol.